The number of aliphatic hydroxyl groups is 20. The average Bonchev–Trinajstić information content (AvgIpc) is 3.46. The molecule has 0 aromatic rings. The van der Waals surface area contributed by atoms with Crippen molar-refractivity contribution in [3.05, 3.63) is 0 Å². The Hall–Kier alpha value is -1.44. The molecular formula is C42H70O36. The van der Waals surface area contributed by atoms with Gasteiger partial charge in [0.15, 0.2) is 44.0 Å². The van der Waals surface area contributed by atoms with E-state index in [9.17, 15) is 107 Å². The molecule has 36 nitrogen and oxygen atoms in total. The highest BCUT2D eigenvalue weighted by atomic mass is 17.1. The molecule has 21 N–H and O–H groups in total. The predicted molar refractivity (Wildman–Crippen MR) is 230 cm³/mol. The molecule has 0 unspecified atom stereocenters. The van der Waals surface area contributed by atoms with Crippen LogP contribution in [0, 0.1) is 0 Å². The van der Waals surface area contributed by atoms with Crippen LogP contribution in [-0.4, -0.2) is 369 Å². The van der Waals surface area contributed by atoms with Crippen molar-refractivity contribution in [2.45, 2.75) is 215 Å². The largest absolute Gasteiger partial charge is 0.394 e. The van der Waals surface area contributed by atoms with Gasteiger partial charge in [-0.25, -0.2) is 4.89 Å². The molecule has 0 spiro atoms. The Morgan fingerprint density at radius 2 is 0.346 bits per heavy atom. The maximum absolute atomic E-state index is 11.4. The van der Waals surface area contributed by atoms with E-state index in [2.05, 4.69) is 4.89 Å². The fraction of sp³-hybridized carbons (Fsp3) is 1.00. The molecule has 0 saturated carbocycles. The first kappa shape index (κ1) is 62.6. The van der Waals surface area contributed by atoms with Crippen molar-refractivity contribution in [3.63, 3.8) is 0 Å². The first-order valence-electron chi connectivity index (χ1n) is 24.8. The first-order chi connectivity index (χ1) is 37.2. The van der Waals surface area contributed by atoms with Crippen LogP contribution in [0.3, 0.4) is 0 Å². The molecular weight excluding hydrogens is 1080 g/mol. The zero-order valence-electron chi connectivity index (χ0n) is 40.7. The van der Waals surface area contributed by atoms with Crippen molar-refractivity contribution in [1.29, 1.82) is 0 Å². The van der Waals surface area contributed by atoms with E-state index in [-0.39, 0.29) is 0 Å². The lowest BCUT2D eigenvalue weighted by molar-refractivity contribution is -0.401. The van der Waals surface area contributed by atoms with Gasteiger partial charge in [-0.3, -0.25) is 5.26 Å². The molecule has 0 amide bonds. The van der Waals surface area contributed by atoms with Gasteiger partial charge in [0.25, 0.3) is 0 Å². The van der Waals surface area contributed by atoms with Gasteiger partial charge in [0.1, 0.15) is 178 Å². The number of hydrogen-bond acceptors (Lipinski definition) is 36. The minimum atomic E-state index is -2.23. The topological polar surface area (TPSA) is 563 Å². The van der Waals surface area contributed by atoms with Crippen LogP contribution in [0.15, 0.2) is 0 Å². The summed E-state index contributed by atoms with van der Waals surface area (Å²) < 4.78 is 79.6. The smallest absolute Gasteiger partial charge is 0.187 e. The molecule has 21 aliphatic rings. The van der Waals surface area contributed by atoms with E-state index >= 15 is 0 Å². The Morgan fingerprint density at radius 3 is 0.487 bits per heavy atom. The van der Waals surface area contributed by atoms with Crippen LogP contribution in [0.25, 0.3) is 0 Å². The van der Waals surface area contributed by atoms with E-state index in [0.29, 0.717) is 0 Å². The molecule has 21 rings (SSSR count). The van der Waals surface area contributed by atoms with Gasteiger partial charge in [0, 0.05) is 0 Å². The highest BCUT2D eigenvalue weighted by Gasteiger charge is 2.59. The minimum Gasteiger partial charge on any atom is -0.394 e. The van der Waals surface area contributed by atoms with Gasteiger partial charge in [-0.05, 0) is 0 Å². The van der Waals surface area contributed by atoms with Gasteiger partial charge >= 0.3 is 0 Å². The Bertz CT molecular complexity index is 1830. The summed E-state index contributed by atoms with van der Waals surface area (Å²) in [4.78, 5) is 4.21. The third kappa shape index (κ3) is 12.2. The first-order valence-corrected chi connectivity index (χ1v) is 24.8. The molecule has 14 bridgehead atoms. The zero-order valence-corrected chi connectivity index (χ0v) is 40.7. The second kappa shape index (κ2) is 26.6. The summed E-state index contributed by atoms with van der Waals surface area (Å²) >= 11 is 0. The van der Waals surface area contributed by atoms with Crippen LogP contribution in [0.4, 0.5) is 0 Å². The monoisotopic (exact) mass is 1150 g/mol. The number of ether oxygens (including phenoxy) is 14. The summed E-state index contributed by atoms with van der Waals surface area (Å²) in [5.74, 6) is 0. The molecule has 0 aliphatic carbocycles. The summed E-state index contributed by atoms with van der Waals surface area (Å²) in [5, 5.41) is 230. The summed E-state index contributed by atoms with van der Waals surface area (Å²) in [6, 6.07) is 0. The van der Waals surface area contributed by atoms with Crippen LogP contribution in [0.1, 0.15) is 0 Å². The molecule has 0 radical (unpaired) electrons. The van der Waals surface area contributed by atoms with Crippen LogP contribution in [-0.2, 0) is 71.2 Å². The maximum Gasteiger partial charge on any atom is 0.187 e. The van der Waals surface area contributed by atoms with Crippen molar-refractivity contribution in [3.8, 4) is 0 Å². The fourth-order valence-corrected chi connectivity index (χ4v) is 10.5. The van der Waals surface area contributed by atoms with Crippen LogP contribution >= 0.6 is 0 Å². The molecule has 36 heteroatoms. The quantitative estimate of drug-likeness (QED) is 0.0793. The predicted octanol–water partition coefficient (Wildman–Crippen LogP) is -14.7. The van der Waals surface area contributed by atoms with Crippen molar-refractivity contribution in [2.24, 2.45) is 0 Å². The molecule has 0 aromatic carbocycles. The average molecular weight is 1150 g/mol. The van der Waals surface area contributed by atoms with Crippen molar-refractivity contribution < 1.29 is 179 Å². The second-order valence-corrected chi connectivity index (χ2v) is 19.8. The number of aliphatic hydroxyl groups excluding tert-OH is 20. The molecule has 21 heterocycles. The van der Waals surface area contributed by atoms with E-state index in [1.807, 2.05) is 0 Å². The molecule has 21 fully saturated rings. The fourth-order valence-electron chi connectivity index (χ4n) is 10.5. The van der Waals surface area contributed by atoms with Crippen molar-refractivity contribution in [2.75, 3.05) is 46.2 Å². The summed E-state index contributed by atoms with van der Waals surface area (Å²) in [7, 11) is 0. The van der Waals surface area contributed by atoms with Gasteiger partial charge in [-0.1, -0.05) is 0 Å². The Labute approximate surface area is 439 Å². The number of rotatable bonds is 8. The SMILES string of the molecule is OC[C@H]1O[C@@H]2O[C@H]3[C@H](O)[C@@H](O)[C@@H](O[C@H]4[C@H](O)[C@@H](O)[C@@H](O[C@H]5[C@H](O)[C@@H](O)[C@@H](O[C@H]6[C@H](O)[C@@H](O)[C@@H](O[C@H]7[C@H](O)[C@@H](O)[C@@H](O[C@H]8[C@H](O)[C@@H](O)[C@@H](O[C@H]1[C@H](O)[C@H]2O)O[C@@H]8CO)O[C@@H]7CO)O[C@@H]6CO)O[C@@H]5COO)O[C@@H]4CO)O[C@@H]3CO. The molecule has 0 aromatic heterocycles. The van der Waals surface area contributed by atoms with Gasteiger partial charge in [0.2, 0.25) is 0 Å². The van der Waals surface area contributed by atoms with Crippen molar-refractivity contribution in [1.82, 2.24) is 0 Å². The second-order valence-electron chi connectivity index (χ2n) is 19.8. The highest BCUT2D eigenvalue weighted by Crippen LogP contribution is 2.39. The van der Waals surface area contributed by atoms with E-state index in [4.69, 9.17) is 66.3 Å². The normalized spacial score (nSPS) is 54.8. The van der Waals surface area contributed by atoms with Gasteiger partial charge in [-0.15, -0.1) is 0 Å². The Balaban J connectivity index is 1.08. The Kier molecular flexibility index (Phi) is 21.4. The van der Waals surface area contributed by atoms with Crippen LogP contribution in [0.2, 0.25) is 0 Å². The van der Waals surface area contributed by atoms with Gasteiger partial charge in [-0.2, -0.15) is 0 Å². The lowest BCUT2D eigenvalue weighted by Crippen LogP contribution is -2.68. The van der Waals surface area contributed by atoms with Crippen LogP contribution in [0.5, 0.6) is 0 Å². The Morgan fingerprint density at radius 1 is 0.205 bits per heavy atom. The highest BCUT2D eigenvalue weighted by molar-refractivity contribution is 5.01. The molecule has 78 heavy (non-hydrogen) atoms. The zero-order chi connectivity index (χ0) is 56.8. The van der Waals surface area contributed by atoms with E-state index in [1.54, 1.807) is 0 Å². The van der Waals surface area contributed by atoms with Gasteiger partial charge < -0.3 is 168 Å². The molecule has 21 saturated heterocycles. The third-order valence-corrected chi connectivity index (χ3v) is 14.8. The molecule has 35 atom stereocenters. The summed E-state index contributed by atoms with van der Waals surface area (Å²) in [5.41, 5.74) is 0. The maximum atomic E-state index is 11.4. The lowest BCUT2D eigenvalue weighted by Gasteiger charge is -2.50. The summed E-state index contributed by atoms with van der Waals surface area (Å²) in [6.07, 6.45) is -70.7. The summed E-state index contributed by atoms with van der Waals surface area (Å²) in [6.45, 7) is -7.25. The minimum absolute atomic E-state index is 0.922. The van der Waals surface area contributed by atoms with Crippen LogP contribution < -0.4 is 0 Å². The van der Waals surface area contributed by atoms with E-state index in [1.165, 1.54) is 0 Å². The number of hydrogen-bond donors (Lipinski definition) is 21. The van der Waals surface area contributed by atoms with Crippen molar-refractivity contribution >= 4 is 0 Å². The lowest BCUT2D eigenvalue weighted by atomic mass is 9.95. The van der Waals surface area contributed by atoms with Gasteiger partial charge in [0.05, 0.1) is 39.6 Å². The van der Waals surface area contributed by atoms with E-state index < -0.39 is 261 Å². The molecule has 454 valence electrons. The standard InChI is InChI=1S/C42H70O36/c43-1-8-29-16(50)23(57)37(66-8)74-31-10(3-45)68-39(25(59)18(31)52)76-33-12(5-47)70-41(27(61)20(33)54)78-35-14(7-64-63)71-42(28(62)21(35)55)77-34-13(6-48)69-40(26(60)19(34)53)75-32-11(4-46)67-38(24(58)17(32)51)73-30-9(2-44)65-36(72-29)22(56)15(30)49/h8-63H,1-7H2/t8-,9-,10-,11-,12-,13-,14-,15-,16-,17-,18-,19-,20-,21-,22-,23-,24-,25-,26-,27-,28-,29-,30-,31-,32-,33-,34-,35-,36-,37-,38-,39-,40-,41-,42-/m1/s1. The molecule has 21 aliphatic heterocycles. The third-order valence-electron chi connectivity index (χ3n) is 14.8. The van der Waals surface area contributed by atoms with E-state index in [0.717, 1.165) is 0 Å².